The standard InChI is InChI=1S/C24H24F3N5O3/c1-3-28-23(34)21-12-19(10-11-29-21)22(33)31-16(2)4-5-18-13-30-32(15-18)14-17-6-8-20(9-7-17)35-24(25,26)27/h4-13,15-16H,3,14H2,1-2H3,(H,28,34)(H,31,33)/t16-/m0/s1. The van der Waals surface area contributed by atoms with E-state index in [0.717, 1.165) is 11.1 Å². The van der Waals surface area contributed by atoms with Crippen LogP contribution in [-0.4, -0.2) is 45.5 Å². The summed E-state index contributed by atoms with van der Waals surface area (Å²) in [7, 11) is 0. The molecule has 0 saturated heterocycles. The van der Waals surface area contributed by atoms with Gasteiger partial charge in [-0.2, -0.15) is 5.10 Å². The molecule has 0 fully saturated rings. The fourth-order valence-corrected chi connectivity index (χ4v) is 3.08. The number of carbonyl (C=O) groups is 2. The Labute approximate surface area is 199 Å². The Kier molecular flexibility index (Phi) is 8.24. The van der Waals surface area contributed by atoms with Gasteiger partial charge in [-0.3, -0.25) is 19.3 Å². The van der Waals surface area contributed by atoms with Crippen LogP contribution in [0.5, 0.6) is 5.75 Å². The molecule has 184 valence electrons. The van der Waals surface area contributed by atoms with Crippen molar-refractivity contribution in [2.75, 3.05) is 6.54 Å². The topological polar surface area (TPSA) is 98.1 Å². The smallest absolute Gasteiger partial charge is 0.406 e. The van der Waals surface area contributed by atoms with E-state index in [9.17, 15) is 22.8 Å². The highest BCUT2D eigenvalue weighted by molar-refractivity contribution is 5.98. The summed E-state index contributed by atoms with van der Waals surface area (Å²) in [4.78, 5) is 28.4. The maximum Gasteiger partial charge on any atom is 0.573 e. The molecule has 0 spiro atoms. The third kappa shape index (κ3) is 7.98. The highest BCUT2D eigenvalue weighted by atomic mass is 19.4. The number of hydrogen-bond donors (Lipinski definition) is 2. The molecule has 0 saturated carbocycles. The Balaban J connectivity index is 1.54. The van der Waals surface area contributed by atoms with E-state index in [1.807, 2.05) is 0 Å². The third-order valence-corrected chi connectivity index (χ3v) is 4.68. The molecule has 2 heterocycles. The Morgan fingerprint density at radius 2 is 1.91 bits per heavy atom. The molecular weight excluding hydrogens is 463 g/mol. The summed E-state index contributed by atoms with van der Waals surface area (Å²) in [6, 6.07) is 8.22. The van der Waals surface area contributed by atoms with E-state index < -0.39 is 6.36 Å². The van der Waals surface area contributed by atoms with Gasteiger partial charge in [0.1, 0.15) is 11.4 Å². The number of nitrogens with one attached hydrogen (secondary N) is 2. The third-order valence-electron chi connectivity index (χ3n) is 4.68. The van der Waals surface area contributed by atoms with Crippen LogP contribution in [-0.2, 0) is 6.54 Å². The van der Waals surface area contributed by atoms with Crippen LogP contribution in [0.1, 0.15) is 45.8 Å². The maximum atomic E-state index is 12.5. The number of pyridine rings is 1. The van der Waals surface area contributed by atoms with Crippen molar-refractivity contribution in [3.05, 3.63) is 83.4 Å². The second kappa shape index (κ2) is 11.3. The first kappa shape index (κ1) is 25.5. The van der Waals surface area contributed by atoms with Crippen molar-refractivity contribution >= 4 is 17.9 Å². The zero-order valence-corrected chi connectivity index (χ0v) is 19.0. The largest absolute Gasteiger partial charge is 0.573 e. The van der Waals surface area contributed by atoms with Crippen molar-refractivity contribution in [1.82, 2.24) is 25.4 Å². The van der Waals surface area contributed by atoms with Crippen LogP contribution in [0.3, 0.4) is 0 Å². The Hall–Kier alpha value is -4.15. The first-order valence-corrected chi connectivity index (χ1v) is 10.7. The van der Waals surface area contributed by atoms with Crippen LogP contribution >= 0.6 is 0 Å². The second-order valence-electron chi connectivity index (χ2n) is 7.57. The first-order valence-electron chi connectivity index (χ1n) is 10.7. The molecule has 35 heavy (non-hydrogen) atoms. The van der Waals surface area contributed by atoms with Crippen molar-refractivity contribution in [2.24, 2.45) is 0 Å². The lowest BCUT2D eigenvalue weighted by Crippen LogP contribution is -2.31. The molecule has 2 amide bonds. The maximum absolute atomic E-state index is 12.5. The monoisotopic (exact) mass is 487 g/mol. The van der Waals surface area contributed by atoms with Gasteiger partial charge in [0.25, 0.3) is 11.8 Å². The normalized spacial score (nSPS) is 12.4. The summed E-state index contributed by atoms with van der Waals surface area (Å²) in [6.45, 7) is 4.41. The lowest BCUT2D eigenvalue weighted by Gasteiger charge is -2.10. The van der Waals surface area contributed by atoms with Crippen molar-refractivity contribution in [3.63, 3.8) is 0 Å². The molecule has 0 aliphatic carbocycles. The zero-order chi connectivity index (χ0) is 25.4. The lowest BCUT2D eigenvalue weighted by atomic mass is 10.2. The molecule has 0 radical (unpaired) electrons. The number of aromatic nitrogens is 3. The van der Waals surface area contributed by atoms with Gasteiger partial charge < -0.3 is 15.4 Å². The summed E-state index contributed by atoms with van der Waals surface area (Å²) >= 11 is 0. The number of carbonyl (C=O) groups excluding carboxylic acids is 2. The number of rotatable bonds is 9. The molecule has 0 aliphatic heterocycles. The molecule has 0 aliphatic rings. The van der Waals surface area contributed by atoms with Gasteiger partial charge in [0.2, 0.25) is 0 Å². The second-order valence-corrected chi connectivity index (χ2v) is 7.57. The quantitative estimate of drug-likeness (QED) is 0.479. The number of hydrogen-bond acceptors (Lipinski definition) is 5. The van der Waals surface area contributed by atoms with Crippen LogP contribution in [0.25, 0.3) is 6.08 Å². The first-order chi connectivity index (χ1) is 16.6. The molecule has 8 nitrogen and oxygen atoms in total. The van der Waals surface area contributed by atoms with Gasteiger partial charge in [0.15, 0.2) is 0 Å². The summed E-state index contributed by atoms with van der Waals surface area (Å²) in [5.41, 5.74) is 2.02. The zero-order valence-electron chi connectivity index (χ0n) is 19.0. The van der Waals surface area contributed by atoms with Crippen LogP contribution < -0.4 is 15.4 Å². The fourth-order valence-electron chi connectivity index (χ4n) is 3.08. The lowest BCUT2D eigenvalue weighted by molar-refractivity contribution is -0.274. The van der Waals surface area contributed by atoms with Crippen molar-refractivity contribution in [3.8, 4) is 5.75 Å². The van der Waals surface area contributed by atoms with Gasteiger partial charge in [-0.05, 0) is 43.7 Å². The Bertz CT molecular complexity index is 1190. The summed E-state index contributed by atoms with van der Waals surface area (Å²) in [5.74, 6) is -0.977. The minimum Gasteiger partial charge on any atom is -0.406 e. The molecule has 1 atom stereocenters. The minimum atomic E-state index is -4.73. The highest BCUT2D eigenvalue weighted by Gasteiger charge is 2.30. The average Bonchev–Trinajstić information content (AvgIpc) is 3.25. The molecule has 2 N–H and O–H groups in total. The predicted molar refractivity (Wildman–Crippen MR) is 123 cm³/mol. The Morgan fingerprint density at radius 3 is 2.60 bits per heavy atom. The summed E-state index contributed by atoms with van der Waals surface area (Å²) in [5, 5.41) is 9.71. The van der Waals surface area contributed by atoms with E-state index in [2.05, 4.69) is 25.5 Å². The van der Waals surface area contributed by atoms with Crippen LogP contribution in [0, 0.1) is 0 Å². The molecule has 2 aromatic heterocycles. The van der Waals surface area contributed by atoms with Crippen molar-refractivity contribution in [1.29, 1.82) is 0 Å². The number of benzene rings is 1. The van der Waals surface area contributed by atoms with Crippen molar-refractivity contribution < 1.29 is 27.5 Å². The molecule has 1 aromatic carbocycles. The average molecular weight is 487 g/mol. The Morgan fingerprint density at radius 1 is 1.17 bits per heavy atom. The van der Waals surface area contributed by atoms with E-state index in [0.29, 0.717) is 18.7 Å². The minimum absolute atomic E-state index is 0.164. The molecule has 11 heteroatoms. The SMILES string of the molecule is CCNC(=O)c1cc(C(=O)N[C@@H](C)C=Cc2cnn(Cc3ccc(OC(F)(F)F)cc3)c2)ccn1. The van der Waals surface area contributed by atoms with Crippen LogP contribution in [0.4, 0.5) is 13.2 Å². The van der Waals surface area contributed by atoms with Gasteiger partial charge in [0.05, 0.1) is 12.7 Å². The van der Waals surface area contributed by atoms with Gasteiger partial charge in [-0.1, -0.05) is 24.3 Å². The molecular formula is C24H24F3N5O3. The molecule has 3 rings (SSSR count). The molecule has 3 aromatic rings. The number of halogens is 3. The van der Waals surface area contributed by atoms with Crippen LogP contribution in [0.2, 0.25) is 0 Å². The number of nitrogens with zero attached hydrogens (tertiary/aromatic N) is 3. The van der Waals surface area contributed by atoms with Gasteiger partial charge in [0, 0.05) is 36.1 Å². The van der Waals surface area contributed by atoms with Gasteiger partial charge in [-0.25, -0.2) is 0 Å². The van der Waals surface area contributed by atoms with Gasteiger partial charge >= 0.3 is 6.36 Å². The number of amides is 2. The summed E-state index contributed by atoms with van der Waals surface area (Å²) < 4.78 is 42.3. The summed E-state index contributed by atoms with van der Waals surface area (Å²) in [6.07, 6.45) is 3.66. The predicted octanol–water partition coefficient (Wildman–Crippen LogP) is 3.81. The van der Waals surface area contributed by atoms with Gasteiger partial charge in [-0.15, -0.1) is 13.2 Å². The van der Waals surface area contributed by atoms with E-state index >= 15 is 0 Å². The number of ether oxygens (including phenoxy) is 1. The highest BCUT2D eigenvalue weighted by Crippen LogP contribution is 2.23. The molecule has 0 unspecified atom stereocenters. The van der Waals surface area contributed by atoms with Crippen molar-refractivity contribution in [2.45, 2.75) is 32.8 Å². The van der Waals surface area contributed by atoms with E-state index in [1.165, 1.54) is 42.6 Å². The molecule has 0 bridgehead atoms. The number of alkyl halides is 3. The fraction of sp³-hybridized carbons (Fsp3) is 0.250. The van der Waals surface area contributed by atoms with E-state index in [4.69, 9.17) is 0 Å². The van der Waals surface area contributed by atoms with Crippen LogP contribution in [0.15, 0.2) is 61.1 Å². The van der Waals surface area contributed by atoms with E-state index in [-0.39, 0.29) is 29.3 Å². The van der Waals surface area contributed by atoms with E-state index in [1.54, 1.807) is 43.1 Å².